The fraction of sp³-hybridized carbons (Fsp3) is 0.308. The largest absolute Gasteiger partial charge is 0.481 e. The summed E-state index contributed by atoms with van der Waals surface area (Å²) in [5.41, 5.74) is 0.600. The van der Waals surface area contributed by atoms with Gasteiger partial charge in [-0.05, 0) is 18.2 Å². The van der Waals surface area contributed by atoms with Crippen LogP contribution in [-0.2, 0) is 4.79 Å². The molecule has 21 heavy (non-hydrogen) atoms. The lowest BCUT2D eigenvalue weighted by atomic mass is 10.2. The van der Waals surface area contributed by atoms with Crippen molar-refractivity contribution in [2.75, 3.05) is 5.75 Å². The lowest BCUT2D eigenvalue weighted by Crippen LogP contribution is -2.06. The summed E-state index contributed by atoms with van der Waals surface area (Å²) in [5, 5.41) is 17.3. The molecule has 0 amide bonds. The molecular weight excluding hydrogens is 317 g/mol. The molecule has 0 saturated carbocycles. The van der Waals surface area contributed by atoms with Crippen LogP contribution < -0.4 is 0 Å². The Kier molecular flexibility index (Phi) is 4.84. The van der Waals surface area contributed by atoms with Crippen molar-refractivity contribution in [3.63, 3.8) is 0 Å². The van der Waals surface area contributed by atoms with Crippen molar-refractivity contribution in [2.24, 2.45) is 0 Å². The molecule has 0 bridgehead atoms. The van der Waals surface area contributed by atoms with Gasteiger partial charge in [-0.25, -0.2) is 4.39 Å². The van der Waals surface area contributed by atoms with Crippen LogP contribution in [-0.4, -0.2) is 31.6 Å². The van der Waals surface area contributed by atoms with Crippen LogP contribution in [0.2, 0.25) is 5.02 Å². The highest BCUT2D eigenvalue weighted by Crippen LogP contribution is 2.27. The van der Waals surface area contributed by atoms with Crippen LogP contribution in [0.1, 0.15) is 25.6 Å². The lowest BCUT2D eigenvalue weighted by molar-refractivity contribution is -0.133. The van der Waals surface area contributed by atoms with E-state index < -0.39 is 11.8 Å². The van der Waals surface area contributed by atoms with Crippen LogP contribution in [0.3, 0.4) is 0 Å². The van der Waals surface area contributed by atoms with Crippen molar-refractivity contribution < 1.29 is 14.3 Å². The normalized spacial score (nSPS) is 11.1. The number of carboxylic acids is 1. The van der Waals surface area contributed by atoms with E-state index in [-0.39, 0.29) is 16.7 Å². The third kappa shape index (κ3) is 3.54. The van der Waals surface area contributed by atoms with E-state index in [0.29, 0.717) is 16.7 Å². The molecule has 2 aromatic rings. The van der Waals surface area contributed by atoms with Gasteiger partial charge in [0.2, 0.25) is 0 Å². The van der Waals surface area contributed by atoms with Gasteiger partial charge < -0.3 is 5.11 Å². The van der Waals surface area contributed by atoms with Crippen molar-refractivity contribution in [3.05, 3.63) is 34.9 Å². The molecule has 1 aromatic carbocycles. The molecule has 112 valence electrons. The smallest absolute Gasteiger partial charge is 0.313 e. The number of aromatic nitrogens is 3. The molecule has 2 rings (SSSR count). The molecule has 8 heteroatoms. The second kappa shape index (κ2) is 6.44. The molecular formula is C13H13ClFN3O2S. The SMILES string of the molecule is CC(C)c1nnc(SCC(=O)O)n1-c1ccc(F)c(Cl)c1. The fourth-order valence-electron chi connectivity index (χ4n) is 1.74. The van der Waals surface area contributed by atoms with Gasteiger partial charge in [0.25, 0.3) is 0 Å². The highest BCUT2D eigenvalue weighted by Gasteiger charge is 2.18. The van der Waals surface area contributed by atoms with E-state index in [1.54, 1.807) is 10.6 Å². The van der Waals surface area contributed by atoms with Gasteiger partial charge >= 0.3 is 5.97 Å². The Balaban J connectivity index is 2.49. The fourth-order valence-corrected chi connectivity index (χ4v) is 2.60. The molecule has 0 aliphatic heterocycles. The van der Waals surface area contributed by atoms with E-state index in [9.17, 15) is 9.18 Å². The monoisotopic (exact) mass is 329 g/mol. The van der Waals surface area contributed by atoms with Crippen molar-refractivity contribution in [2.45, 2.75) is 24.9 Å². The predicted octanol–water partition coefficient (Wildman–Crippen LogP) is 3.36. The predicted molar refractivity (Wildman–Crippen MR) is 78.8 cm³/mol. The van der Waals surface area contributed by atoms with E-state index in [1.807, 2.05) is 13.8 Å². The van der Waals surface area contributed by atoms with E-state index >= 15 is 0 Å². The van der Waals surface area contributed by atoms with Gasteiger partial charge in [0, 0.05) is 5.92 Å². The van der Waals surface area contributed by atoms with Gasteiger partial charge in [0.15, 0.2) is 5.16 Å². The van der Waals surface area contributed by atoms with Gasteiger partial charge in [-0.3, -0.25) is 9.36 Å². The molecule has 0 radical (unpaired) electrons. The van der Waals surface area contributed by atoms with E-state index in [1.165, 1.54) is 12.1 Å². The first-order valence-electron chi connectivity index (χ1n) is 6.15. The topological polar surface area (TPSA) is 68.0 Å². The Morgan fingerprint density at radius 1 is 1.48 bits per heavy atom. The Morgan fingerprint density at radius 3 is 2.76 bits per heavy atom. The quantitative estimate of drug-likeness (QED) is 0.852. The van der Waals surface area contributed by atoms with Crippen molar-refractivity contribution in [3.8, 4) is 5.69 Å². The summed E-state index contributed by atoms with van der Waals surface area (Å²) >= 11 is 6.86. The van der Waals surface area contributed by atoms with Crippen molar-refractivity contribution in [1.82, 2.24) is 14.8 Å². The number of nitrogens with zero attached hydrogens (tertiary/aromatic N) is 3. The van der Waals surface area contributed by atoms with Gasteiger partial charge in [-0.15, -0.1) is 10.2 Å². The Bertz CT molecular complexity index is 675. The molecule has 0 fully saturated rings. The zero-order chi connectivity index (χ0) is 15.6. The van der Waals surface area contributed by atoms with Crippen LogP contribution in [0.4, 0.5) is 4.39 Å². The summed E-state index contributed by atoms with van der Waals surface area (Å²) in [6, 6.07) is 4.28. The Hall–Kier alpha value is -1.60. The summed E-state index contributed by atoms with van der Waals surface area (Å²) in [5.74, 6) is -0.867. The van der Waals surface area contributed by atoms with Crippen LogP contribution in [0.25, 0.3) is 5.69 Å². The minimum atomic E-state index is -0.946. The van der Waals surface area contributed by atoms with Crippen molar-refractivity contribution >= 4 is 29.3 Å². The van der Waals surface area contributed by atoms with Crippen LogP contribution in [0.15, 0.2) is 23.4 Å². The molecule has 0 saturated heterocycles. The zero-order valence-corrected chi connectivity index (χ0v) is 13.0. The van der Waals surface area contributed by atoms with Crippen LogP contribution in [0, 0.1) is 5.82 Å². The Labute approximate surface area is 130 Å². The first-order valence-corrected chi connectivity index (χ1v) is 7.52. The summed E-state index contributed by atoms with van der Waals surface area (Å²) in [7, 11) is 0. The number of aliphatic carboxylic acids is 1. The first kappa shape index (κ1) is 15.8. The number of hydrogen-bond donors (Lipinski definition) is 1. The van der Waals surface area contributed by atoms with Gasteiger partial charge in [0.1, 0.15) is 11.6 Å². The number of thioether (sulfide) groups is 1. The molecule has 0 aliphatic carbocycles. The van der Waals surface area contributed by atoms with Crippen molar-refractivity contribution in [1.29, 1.82) is 0 Å². The number of hydrogen-bond acceptors (Lipinski definition) is 4. The Morgan fingerprint density at radius 2 is 2.19 bits per heavy atom. The third-order valence-electron chi connectivity index (χ3n) is 2.66. The standard InChI is InChI=1S/C13H13ClFN3O2S/c1-7(2)12-16-17-13(21-6-11(19)20)18(12)8-3-4-10(15)9(14)5-8/h3-5,7H,6H2,1-2H3,(H,19,20). The maximum Gasteiger partial charge on any atom is 0.313 e. The average Bonchev–Trinajstić information content (AvgIpc) is 2.83. The van der Waals surface area contributed by atoms with Gasteiger partial charge in [-0.2, -0.15) is 0 Å². The second-order valence-electron chi connectivity index (χ2n) is 4.61. The lowest BCUT2D eigenvalue weighted by Gasteiger charge is -2.12. The highest BCUT2D eigenvalue weighted by atomic mass is 35.5. The minimum Gasteiger partial charge on any atom is -0.481 e. The second-order valence-corrected chi connectivity index (χ2v) is 5.96. The summed E-state index contributed by atoms with van der Waals surface area (Å²) in [6.07, 6.45) is 0. The minimum absolute atomic E-state index is 0.00918. The maximum atomic E-state index is 13.3. The molecule has 0 unspecified atom stereocenters. The number of carbonyl (C=O) groups is 1. The maximum absolute atomic E-state index is 13.3. The number of rotatable bonds is 5. The molecule has 1 aromatic heterocycles. The number of carboxylic acid groups (broad SMARTS) is 1. The molecule has 1 heterocycles. The van der Waals surface area contributed by atoms with E-state index in [4.69, 9.17) is 16.7 Å². The highest BCUT2D eigenvalue weighted by molar-refractivity contribution is 7.99. The average molecular weight is 330 g/mol. The summed E-state index contributed by atoms with van der Waals surface area (Å²) in [6.45, 7) is 3.88. The van der Waals surface area contributed by atoms with E-state index in [2.05, 4.69) is 10.2 Å². The number of halogens is 2. The van der Waals surface area contributed by atoms with Crippen LogP contribution >= 0.6 is 23.4 Å². The first-order chi connectivity index (χ1) is 9.90. The summed E-state index contributed by atoms with van der Waals surface area (Å²) in [4.78, 5) is 10.7. The van der Waals surface area contributed by atoms with Gasteiger partial charge in [0.05, 0.1) is 16.5 Å². The third-order valence-corrected chi connectivity index (χ3v) is 3.86. The zero-order valence-electron chi connectivity index (χ0n) is 11.4. The molecule has 0 aliphatic rings. The van der Waals surface area contributed by atoms with Gasteiger partial charge in [-0.1, -0.05) is 37.2 Å². The van der Waals surface area contributed by atoms with Crippen LogP contribution in [0.5, 0.6) is 0 Å². The molecule has 0 atom stereocenters. The number of benzene rings is 1. The molecule has 1 N–H and O–H groups in total. The summed E-state index contributed by atoms with van der Waals surface area (Å²) < 4.78 is 15.0. The molecule has 5 nitrogen and oxygen atoms in total. The molecule has 0 spiro atoms. The van der Waals surface area contributed by atoms with E-state index in [0.717, 1.165) is 11.8 Å².